The van der Waals surface area contributed by atoms with Crippen LogP contribution in [-0.4, -0.2) is 4.92 Å². The van der Waals surface area contributed by atoms with Crippen molar-refractivity contribution in [2.45, 2.75) is 6.10 Å². The van der Waals surface area contributed by atoms with Crippen molar-refractivity contribution < 1.29 is 9.66 Å². The van der Waals surface area contributed by atoms with E-state index >= 15 is 0 Å². The Balaban J connectivity index is 2.08. The van der Waals surface area contributed by atoms with Crippen LogP contribution in [0.2, 0.25) is 5.02 Å². The number of nitrogens with zero attached hydrogens (tertiary/aromatic N) is 1. The SMILES string of the molecule is O=[N+]([O-])C1=Cc2cc(Br)ccc2OC1c1ccc(Cl)cc1. The Kier molecular flexibility index (Phi) is 3.69. The van der Waals surface area contributed by atoms with Crippen LogP contribution in [0.1, 0.15) is 17.2 Å². The minimum atomic E-state index is -0.744. The van der Waals surface area contributed by atoms with Gasteiger partial charge in [0.05, 0.1) is 4.92 Å². The minimum Gasteiger partial charge on any atom is -0.474 e. The molecule has 0 bridgehead atoms. The van der Waals surface area contributed by atoms with E-state index in [-0.39, 0.29) is 5.70 Å². The maximum Gasteiger partial charge on any atom is 0.291 e. The molecule has 1 heterocycles. The lowest BCUT2D eigenvalue weighted by atomic mass is 10.0. The van der Waals surface area contributed by atoms with Gasteiger partial charge >= 0.3 is 0 Å². The fourth-order valence-corrected chi connectivity index (χ4v) is 2.69. The molecule has 1 aliphatic rings. The van der Waals surface area contributed by atoms with Gasteiger partial charge in [0.2, 0.25) is 6.10 Å². The highest BCUT2D eigenvalue weighted by Crippen LogP contribution is 2.38. The number of rotatable bonds is 2. The first-order valence-corrected chi connectivity index (χ1v) is 7.29. The molecule has 0 aliphatic carbocycles. The molecule has 1 atom stereocenters. The van der Waals surface area contributed by atoms with Crippen LogP contribution in [0.15, 0.2) is 52.6 Å². The van der Waals surface area contributed by atoms with Gasteiger partial charge in [-0.25, -0.2) is 0 Å². The number of benzene rings is 2. The topological polar surface area (TPSA) is 52.4 Å². The van der Waals surface area contributed by atoms with E-state index in [1.807, 2.05) is 6.07 Å². The van der Waals surface area contributed by atoms with Crippen molar-refractivity contribution in [2.24, 2.45) is 0 Å². The van der Waals surface area contributed by atoms with Gasteiger partial charge in [-0.15, -0.1) is 0 Å². The van der Waals surface area contributed by atoms with Crippen molar-refractivity contribution in [1.82, 2.24) is 0 Å². The quantitative estimate of drug-likeness (QED) is 0.564. The Bertz CT molecular complexity index is 743. The summed E-state index contributed by atoms with van der Waals surface area (Å²) in [6, 6.07) is 12.3. The van der Waals surface area contributed by atoms with Gasteiger partial charge in [0.25, 0.3) is 5.70 Å². The van der Waals surface area contributed by atoms with Crippen LogP contribution in [0, 0.1) is 10.1 Å². The zero-order valence-corrected chi connectivity index (χ0v) is 13.0. The number of hydrogen-bond donors (Lipinski definition) is 0. The smallest absolute Gasteiger partial charge is 0.291 e. The second-order valence-corrected chi connectivity index (χ2v) is 5.91. The van der Waals surface area contributed by atoms with Gasteiger partial charge in [0.1, 0.15) is 5.75 Å². The molecule has 2 aromatic rings. The lowest BCUT2D eigenvalue weighted by Crippen LogP contribution is -2.19. The second-order valence-electron chi connectivity index (χ2n) is 4.56. The van der Waals surface area contributed by atoms with Crippen molar-refractivity contribution in [3.05, 3.63) is 78.9 Å². The molecule has 0 saturated carbocycles. The van der Waals surface area contributed by atoms with Crippen LogP contribution in [0.3, 0.4) is 0 Å². The molecule has 1 aliphatic heterocycles. The lowest BCUT2D eigenvalue weighted by molar-refractivity contribution is -0.434. The minimum absolute atomic E-state index is 0.00271. The van der Waals surface area contributed by atoms with E-state index in [4.69, 9.17) is 16.3 Å². The first kappa shape index (κ1) is 14.1. The normalized spacial score (nSPS) is 16.7. The molecule has 0 radical (unpaired) electrons. The molecule has 0 amide bonds. The van der Waals surface area contributed by atoms with E-state index in [1.54, 1.807) is 42.5 Å². The summed E-state index contributed by atoms with van der Waals surface area (Å²) in [6.07, 6.45) is 0.800. The van der Waals surface area contributed by atoms with Crippen molar-refractivity contribution in [3.63, 3.8) is 0 Å². The first-order chi connectivity index (χ1) is 10.0. The van der Waals surface area contributed by atoms with Crippen molar-refractivity contribution in [3.8, 4) is 5.75 Å². The molecule has 6 heteroatoms. The molecular weight excluding hydrogens is 358 g/mol. The van der Waals surface area contributed by atoms with Crippen molar-refractivity contribution >= 4 is 33.6 Å². The summed E-state index contributed by atoms with van der Waals surface area (Å²) in [6.45, 7) is 0. The Morgan fingerprint density at radius 1 is 1.19 bits per heavy atom. The largest absolute Gasteiger partial charge is 0.474 e. The number of hydrogen-bond acceptors (Lipinski definition) is 3. The molecule has 21 heavy (non-hydrogen) atoms. The van der Waals surface area contributed by atoms with Crippen LogP contribution in [0.25, 0.3) is 6.08 Å². The van der Waals surface area contributed by atoms with Crippen LogP contribution < -0.4 is 4.74 Å². The van der Waals surface area contributed by atoms with E-state index in [0.717, 1.165) is 4.47 Å². The summed E-state index contributed by atoms with van der Waals surface area (Å²) in [5.74, 6) is 0.615. The van der Waals surface area contributed by atoms with E-state index in [9.17, 15) is 10.1 Å². The Morgan fingerprint density at radius 3 is 2.57 bits per heavy atom. The van der Waals surface area contributed by atoms with E-state index in [2.05, 4.69) is 15.9 Å². The highest BCUT2D eigenvalue weighted by molar-refractivity contribution is 9.10. The molecule has 0 aromatic heterocycles. The Morgan fingerprint density at radius 2 is 1.90 bits per heavy atom. The van der Waals surface area contributed by atoms with Crippen LogP contribution in [-0.2, 0) is 0 Å². The van der Waals surface area contributed by atoms with Crippen LogP contribution in [0.4, 0.5) is 0 Å². The number of nitro groups is 1. The zero-order valence-electron chi connectivity index (χ0n) is 10.6. The van der Waals surface area contributed by atoms with Gasteiger partial charge < -0.3 is 4.74 Å². The van der Waals surface area contributed by atoms with Crippen molar-refractivity contribution in [2.75, 3.05) is 0 Å². The predicted octanol–water partition coefficient (Wildman–Crippen LogP) is 4.85. The summed E-state index contributed by atoms with van der Waals surface area (Å²) in [5.41, 5.74) is 1.38. The zero-order chi connectivity index (χ0) is 15.0. The third kappa shape index (κ3) is 2.80. The second kappa shape index (κ2) is 5.50. The van der Waals surface area contributed by atoms with Crippen molar-refractivity contribution in [1.29, 1.82) is 0 Å². The highest BCUT2D eigenvalue weighted by atomic mass is 79.9. The average Bonchev–Trinajstić information content (AvgIpc) is 2.46. The summed E-state index contributed by atoms with van der Waals surface area (Å²) < 4.78 is 6.65. The summed E-state index contributed by atoms with van der Waals surface area (Å²) in [7, 11) is 0. The molecule has 0 fully saturated rings. The standard InChI is InChI=1S/C15H9BrClNO3/c16-11-3-6-14-10(7-11)8-13(18(19)20)15(21-14)9-1-4-12(17)5-2-9/h1-8,15H. The average molecular weight is 367 g/mol. The molecule has 1 unspecified atom stereocenters. The Hall–Kier alpha value is -1.85. The summed E-state index contributed by atoms with van der Waals surface area (Å²) in [5, 5.41) is 11.9. The maximum absolute atomic E-state index is 11.3. The molecular formula is C15H9BrClNO3. The van der Waals surface area contributed by atoms with Gasteiger partial charge in [0.15, 0.2) is 0 Å². The van der Waals surface area contributed by atoms with Crippen LogP contribution >= 0.6 is 27.5 Å². The highest BCUT2D eigenvalue weighted by Gasteiger charge is 2.33. The molecule has 2 aromatic carbocycles. The summed E-state index contributed by atoms with van der Waals surface area (Å²) in [4.78, 5) is 10.9. The lowest BCUT2D eigenvalue weighted by Gasteiger charge is -2.22. The molecule has 106 valence electrons. The van der Waals surface area contributed by atoms with Gasteiger partial charge in [-0.2, -0.15) is 0 Å². The molecule has 0 saturated heterocycles. The molecule has 0 spiro atoms. The van der Waals surface area contributed by atoms with E-state index in [1.165, 1.54) is 0 Å². The van der Waals surface area contributed by atoms with E-state index < -0.39 is 11.0 Å². The van der Waals surface area contributed by atoms with Crippen LogP contribution in [0.5, 0.6) is 5.75 Å². The van der Waals surface area contributed by atoms with Gasteiger partial charge in [-0.05, 0) is 30.3 Å². The third-order valence-electron chi connectivity index (χ3n) is 3.17. The van der Waals surface area contributed by atoms with E-state index in [0.29, 0.717) is 21.9 Å². The van der Waals surface area contributed by atoms with Gasteiger partial charge in [-0.3, -0.25) is 10.1 Å². The monoisotopic (exact) mass is 365 g/mol. The Labute approximate surface area is 134 Å². The molecule has 0 N–H and O–H groups in total. The maximum atomic E-state index is 11.3. The third-order valence-corrected chi connectivity index (χ3v) is 3.92. The predicted molar refractivity (Wildman–Crippen MR) is 83.9 cm³/mol. The number of fused-ring (bicyclic) bond motifs is 1. The number of ether oxygens (including phenoxy) is 1. The summed E-state index contributed by atoms with van der Waals surface area (Å²) >= 11 is 9.20. The van der Waals surface area contributed by atoms with Gasteiger partial charge in [0, 0.05) is 26.7 Å². The fourth-order valence-electron chi connectivity index (χ4n) is 2.19. The number of halogens is 2. The van der Waals surface area contributed by atoms with Gasteiger partial charge in [-0.1, -0.05) is 39.7 Å². The first-order valence-electron chi connectivity index (χ1n) is 6.12. The molecule has 4 nitrogen and oxygen atoms in total. The fraction of sp³-hybridized carbons (Fsp3) is 0.0667. The molecule has 3 rings (SSSR count).